The molecule has 1 amide bonds. The van der Waals surface area contributed by atoms with Gasteiger partial charge >= 0.3 is 12.1 Å². The monoisotopic (exact) mass is 324 g/mol. The number of piperidine rings is 1. The van der Waals surface area contributed by atoms with Crippen LogP contribution in [0.2, 0.25) is 0 Å². The van der Waals surface area contributed by atoms with E-state index in [-0.39, 0.29) is 0 Å². The Balaban J connectivity index is 2.10. The number of aliphatic hydroxyl groups is 1. The van der Waals surface area contributed by atoms with Gasteiger partial charge in [-0.3, -0.25) is 9.78 Å². The number of carbonyl (C=O) groups excluding carboxylic acids is 1. The van der Waals surface area contributed by atoms with Crippen LogP contribution >= 0.6 is 0 Å². The van der Waals surface area contributed by atoms with Crippen LogP contribution in [0.1, 0.15) is 18.5 Å². The van der Waals surface area contributed by atoms with E-state index in [1.807, 2.05) is 0 Å². The van der Waals surface area contributed by atoms with E-state index in [2.05, 4.69) is 4.98 Å². The molecule has 2 rings (SSSR count). The van der Waals surface area contributed by atoms with Gasteiger partial charge in [0, 0.05) is 32.1 Å². The molecule has 0 saturated carbocycles. The minimum atomic E-state index is -4.86. The van der Waals surface area contributed by atoms with E-state index in [1.54, 1.807) is 0 Å². The fraction of sp³-hybridized carbons (Fsp3) is 0.538. The van der Waals surface area contributed by atoms with Crippen LogP contribution in [-0.4, -0.2) is 45.8 Å². The highest BCUT2D eigenvalue weighted by Crippen LogP contribution is 2.39. The number of hydrogen-bond donors (Lipinski definition) is 1. The van der Waals surface area contributed by atoms with Gasteiger partial charge in [-0.05, 0) is 12.1 Å². The summed E-state index contributed by atoms with van der Waals surface area (Å²) in [5.41, 5.74) is -3.71. The SMILES string of the molecule is O=C(N1CCC(O)(C(F)(F)F)CC1)C(F)(F)c1ccccn1. The van der Waals surface area contributed by atoms with E-state index in [0.29, 0.717) is 4.90 Å². The molecule has 0 bridgehead atoms. The fourth-order valence-electron chi connectivity index (χ4n) is 2.22. The zero-order valence-corrected chi connectivity index (χ0v) is 11.3. The maximum absolute atomic E-state index is 14.0. The first-order chi connectivity index (χ1) is 10.1. The average molecular weight is 324 g/mol. The first-order valence-electron chi connectivity index (χ1n) is 6.46. The van der Waals surface area contributed by atoms with E-state index in [9.17, 15) is 31.9 Å². The second-order valence-corrected chi connectivity index (χ2v) is 5.11. The predicted molar refractivity (Wildman–Crippen MR) is 64.9 cm³/mol. The molecule has 1 saturated heterocycles. The highest BCUT2D eigenvalue weighted by atomic mass is 19.4. The van der Waals surface area contributed by atoms with Gasteiger partial charge in [0.25, 0.3) is 5.91 Å². The smallest absolute Gasteiger partial charge is 0.380 e. The van der Waals surface area contributed by atoms with Gasteiger partial charge < -0.3 is 10.0 Å². The molecule has 1 fully saturated rings. The number of rotatable bonds is 2. The lowest BCUT2D eigenvalue weighted by atomic mass is 9.90. The molecule has 1 aromatic rings. The maximum Gasteiger partial charge on any atom is 0.417 e. The third-order valence-electron chi connectivity index (χ3n) is 3.66. The Morgan fingerprint density at radius 3 is 2.23 bits per heavy atom. The van der Waals surface area contributed by atoms with Crippen LogP contribution in [0.15, 0.2) is 24.4 Å². The van der Waals surface area contributed by atoms with Crippen molar-refractivity contribution in [1.29, 1.82) is 0 Å². The Hall–Kier alpha value is -1.77. The van der Waals surface area contributed by atoms with Crippen molar-refractivity contribution < 1.29 is 31.9 Å². The molecule has 9 heteroatoms. The molecule has 122 valence electrons. The van der Waals surface area contributed by atoms with Gasteiger partial charge in [-0.15, -0.1) is 0 Å². The maximum atomic E-state index is 14.0. The fourth-order valence-corrected chi connectivity index (χ4v) is 2.22. The van der Waals surface area contributed by atoms with Crippen LogP contribution in [0.4, 0.5) is 22.0 Å². The van der Waals surface area contributed by atoms with Crippen LogP contribution in [-0.2, 0) is 10.7 Å². The number of carbonyl (C=O) groups is 1. The first-order valence-corrected chi connectivity index (χ1v) is 6.46. The molecule has 1 N–H and O–H groups in total. The van der Waals surface area contributed by atoms with Gasteiger partial charge in [-0.25, -0.2) is 0 Å². The van der Waals surface area contributed by atoms with Crippen molar-refractivity contribution in [3.8, 4) is 0 Å². The molecule has 0 aliphatic carbocycles. The molecule has 0 atom stereocenters. The quantitative estimate of drug-likeness (QED) is 0.848. The third-order valence-corrected chi connectivity index (χ3v) is 3.66. The van der Waals surface area contributed by atoms with Gasteiger partial charge in [0.05, 0.1) is 0 Å². The Bertz CT molecular complexity index is 539. The largest absolute Gasteiger partial charge is 0.417 e. The van der Waals surface area contributed by atoms with Gasteiger partial charge in [-0.1, -0.05) is 6.07 Å². The zero-order valence-electron chi connectivity index (χ0n) is 11.3. The molecule has 1 aliphatic rings. The van der Waals surface area contributed by atoms with E-state index < -0.39 is 55.2 Å². The van der Waals surface area contributed by atoms with Crippen molar-refractivity contribution in [2.24, 2.45) is 0 Å². The highest BCUT2D eigenvalue weighted by molar-refractivity contribution is 5.84. The zero-order chi connectivity index (χ0) is 16.6. The van der Waals surface area contributed by atoms with Crippen molar-refractivity contribution in [2.75, 3.05) is 13.1 Å². The number of amides is 1. The first kappa shape index (κ1) is 16.6. The van der Waals surface area contributed by atoms with Crippen LogP contribution in [0.25, 0.3) is 0 Å². The molecule has 22 heavy (non-hydrogen) atoms. The van der Waals surface area contributed by atoms with Crippen LogP contribution < -0.4 is 0 Å². The van der Waals surface area contributed by atoms with Crippen molar-refractivity contribution in [2.45, 2.75) is 30.5 Å². The highest BCUT2D eigenvalue weighted by Gasteiger charge is 2.56. The van der Waals surface area contributed by atoms with Crippen molar-refractivity contribution in [3.05, 3.63) is 30.1 Å². The minimum Gasteiger partial charge on any atom is -0.380 e. The summed E-state index contributed by atoms with van der Waals surface area (Å²) in [5, 5.41) is 9.46. The molecule has 2 heterocycles. The summed E-state index contributed by atoms with van der Waals surface area (Å²) >= 11 is 0. The summed E-state index contributed by atoms with van der Waals surface area (Å²) in [7, 11) is 0. The Morgan fingerprint density at radius 1 is 1.18 bits per heavy atom. The molecule has 0 spiro atoms. The molecule has 0 unspecified atom stereocenters. The van der Waals surface area contributed by atoms with Gasteiger partial charge in [0.1, 0.15) is 5.69 Å². The number of likely N-dealkylation sites (tertiary alicyclic amines) is 1. The van der Waals surface area contributed by atoms with Crippen LogP contribution in [0, 0.1) is 0 Å². The van der Waals surface area contributed by atoms with E-state index in [4.69, 9.17) is 0 Å². The third kappa shape index (κ3) is 2.90. The van der Waals surface area contributed by atoms with Crippen LogP contribution in [0.3, 0.4) is 0 Å². The second-order valence-electron chi connectivity index (χ2n) is 5.11. The summed E-state index contributed by atoms with van der Waals surface area (Å²) in [4.78, 5) is 15.9. The van der Waals surface area contributed by atoms with Crippen molar-refractivity contribution >= 4 is 5.91 Å². The Kier molecular flexibility index (Phi) is 4.12. The summed E-state index contributed by atoms with van der Waals surface area (Å²) < 4.78 is 66.0. The van der Waals surface area contributed by atoms with Gasteiger partial charge in [-0.2, -0.15) is 22.0 Å². The standard InChI is InChI=1S/C13H13F5N2O2/c14-12(15,9-3-1-2-6-19-9)10(21)20-7-4-11(22,5-8-20)13(16,17)18/h1-3,6,22H,4-5,7-8H2. The molecule has 0 radical (unpaired) electrons. The predicted octanol–water partition coefficient (Wildman–Crippen LogP) is 2.09. The lowest BCUT2D eigenvalue weighted by Crippen LogP contribution is -2.56. The lowest BCUT2D eigenvalue weighted by Gasteiger charge is -2.39. The Morgan fingerprint density at radius 2 is 1.77 bits per heavy atom. The average Bonchev–Trinajstić information content (AvgIpc) is 2.47. The number of alkyl halides is 5. The number of aromatic nitrogens is 1. The molecular weight excluding hydrogens is 311 g/mol. The van der Waals surface area contributed by atoms with Crippen molar-refractivity contribution in [3.63, 3.8) is 0 Å². The summed E-state index contributed by atoms with van der Waals surface area (Å²) in [6.07, 6.45) is -5.43. The normalized spacial score (nSPS) is 19.1. The van der Waals surface area contributed by atoms with E-state index >= 15 is 0 Å². The molecule has 0 aromatic carbocycles. The topological polar surface area (TPSA) is 53.4 Å². The number of nitrogens with zero attached hydrogens (tertiary/aromatic N) is 2. The minimum absolute atomic E-state index is 0.600. The van der Waals surface area contributed by atoms with Gasteiger partial charge in [0.15, 0.2) is 5.60 Å². The Labute approximate surface area is 122 Å². The molecule has 4 nitrogen and oxygen atoms in total. The van der Waals surface area contributed by atoms with Crippen molar-refractivity contribution in [1.82, 2.24) is 9.88 Å². The second kappa shape index (κ2) is 5.45. The summed E-state index contributed by atoms with van der Waals surface area (Å²) in [5.74, 6) is -5.54. The van der Waals surface area contributed by atoms with Gasteiger partial charge in [0.2, 0.25) is 0 Å². The number of pyridine rings is 1. The van der Waals surface area contributed by atoms with E-state index in [1.165, 1.54) is 12.1 Å². The molecule has 1 aromatic heterocycles. The summed E-state index contributed by atoms with van der Waals surface area (Å²) in [6, 6.07) is 3.64. The van der Waals surface area contributed by atoms with Crippen LogP contribution in [0.5, 0.6) is 0 Å². The lowest BCUT2D eigenvalue weighted by molar-refractivity contribution is -0.272. The number of hydrogen-bond acceptors (Lipinski definition) is 3. The molecule has 1 aliphatic heterocycles. The number of halogens is 5. The summed E-state index contributed by atoms with van der Waals surface area (Å²) in [6.45, 7) is -1.20. The van der Waals surface area contributed by atoms with E-state index in [0.717, 1.165) is 12.3 Å². The molecular formula is C13H13F5N2O2.